The zero-order chi connectivity index (χ0) is 24.2. The van der Waals surface area contributed by atoms with Gasteiger partial charge in [0.1, 0.15) is 0 Å². The van der Waals surface area contributed by atoms with Crippen LogP contribution in [0, 0.1) is 0 Å². The van der Waals surface area contributed by atoms with Gasteiger partial charge in [-0.25, -0.2) is 4.79 Å². The van der Waals surface area contributed by atoms with Crippen LogP contribution in [0.3, 0.4) is 0 Å². The van der Waals surface area contributed by atoms with E-state index in [2.05, 4.69) is 10.6 Å². The average molecular weight is 473 g/mol. The van der Waals surface area contributed by atoms with Crippen LogP contribution in [-0.2, 0) is 4.79 Å². The fourth-order valence-corrected chi connectivity index (χ4v) is 4.16. The minimum atomic E-state index is -0.443. The number of nitrogens with one attached hydrogen (secondary N) is 2. The predicted octanol–water partition coefficient (Wildman–Crippen LogP) is 5.41. The second-order valence-electron chi connectivity index (χ2n) is 7.92. The Labute approximate surface area is 202 Å². The lowest BCUT2D eigenvalue weighted by molar-refractivity contribution is -0.115. The van der Waals surface area contributed by atoms with E-state index in [1.165, 1.54) is 4.90 Å². The van der Waals surface area contributed by atoms with E-state index in [9.17, 15) is 14.4 Å². The summed E-state index contributed by atoms with van der Waals surface area (Å²) in [7, 11) is 5.57. The maximum atomic E-state index is 13.1. The van der Waals surface area contributed by atoms with Crippen molar-refractivity contribution in [2.45, 2.75) is 0 Å². The van der Waals surface area contributed by atoms with E-state index in [0.717, 1.165) is 28.6 Å². The van der Waals surface area contributed by atoms with Crippen LogP contribution in [0.2, 0.25) is 0 Å². The molecule has 0 aliphatic carbocycles. The number of hydrogen-bond donors (Lipinski definition) is 2. The molecule has 2 N–H and O–H groups in total. The van der Waals surface area contributed by atoms with E-state index in [1.807, 2.05) is 91.8 Å². The molecule has 0 spiro atoms. The Kier molecular flexibility index (Phi) is 6.70. The molecule has 1 aliphatic rings. The van der Waals surface area contributed by atoms with Gasteiger partial charge in [0.15, 0.2) is 0 Å². The highest BCUT2D eigenvalue weighted by Gasteiger charge is 2.26. The van der Waals surface area contributed by atoms with Gasteiger partial charge < -0.3 is 10.2 Å². The first-order valence-electron chi connectivity index (χ1n) is 10.6. The lowest BCUT2D eigenvalue weighted by Crippen LogP contribution is -2.31. The number of benzene rings is 3. The second-order valence-corrected chi connectivity index (χ2v) is 8.94. The Morgan fingerprint density at radius 1 is 0.912 bits per heavy atom. The summed E-state index contributed by atoms with van der Waals surface area (Å²) >= 11 is 0.843. The molecule has 8 heteroatoms. The smallest absolute Gasteiger partial charge is 0.326 e. The SMILES string of the molecule is CN(C)c1ccc(NC(=O)N(C)c2cc(-c3ccccc3)ccc2/C=C2/SC(=O)NC2=O)cc1. The van der Waals surface area contributed by atoms with E-state index in [1.54, 1.807) is 13.1 Å². The van der Waals surface area contributed by atoms with E-state index < -0.39 is 11.1 Å². The zero-order valence-corrected chi connectivity index (χ0v) is 19.8. The number of thioether (sulfide) groups is 1. The molecule has 0 aromatic heterocycles. The molecule has 34 heavy (non-hydrogen) atoms. The number of hydrogen-bond acceptors (Lipinski definition) is 5. The third-order valence-electron chi connectivity index (χ3n) is 5.37. The predicted molar refractivity (Wildman–Crippen MR) is 139 cm³/mol. The second kappa shape index (κ2) is 9.84. The number of anilines is 3. The van der Waals surface area contributed by atoms with Gasteiger partial charge in [0.25, 0.3) is 11.1 Å². The summed E-state index contributed by atoms with van der Waals surface area (Å²) in [5, 5.41) is 4.76. The molecule has 0 unspecified atom stereocenters. The fraction of sp³-hybridized carbons (Fsp3) is 0.115. The summed E-state index contributed by atoms with van der Waals surface area (Å²) in [4.78, 5) is 40.6. The summed E-state index contributed by atoms with van der Waals surface area (Å²) in [5.74, 6) is -0.443. The molecule has 1 heterocycles. The van der Waals surface area contributed by atoms with Gasteiger partial charge in [0.05, 0.1) is 10.6 Å². The van der Waals surface area contributed by atoms with Crippen molar-refractivity contribution in [1.82, 2.24) is 5.32 Å². The molecule has 4 rings (SSSR count). The first-order chi connectivity index (χ1) is 16.3. The van der Waals surface area contributed by atoms with Gasteiger partial charge in [-0.1, -0.05) is 42.5 Å². The monoisotopic (exact) mass is 472 g/mol. The van der Waals surface area contributed by atoms with Crippen molar-refractivity contribution < 1.29 is 14.4 Å². The van der Waals surface area contributed by atoms with Crippen molar-refractivity contribution in [3.63, 3.8) is 0 Å². The van der Waals surface area contributed by atoms with Crippen LogP contribution < -0.4 is 20.4 Å². The first-order valence-corrected chi connectivity index (χ1v) is 11.4. The van der Waals surface area contributed by atoms with Crippen LogP contribution >= 0.6 is 11.8 Å². The fourth-order valence-electron chi connectivity index (χ4n) is 3.49. The van der Waals surface area contributed by atoms with Gasteiger partial charge in [0, 0.05) is 32.5 Å². The molecule has 1 saturated heterocycles. The van der Waals surface area contributed by atoms with E-state index >= 15 is 0 Å². The summed E-state index contributed by atoms with van der Waals surface area (Å²) in [5.41, 5.74) is 4.86. The van der Waals surface area contributed by atoms with E-state index in [4.69, 9.17) is 0 Å². The number of imide groups is 1. The van der Waals surface area contributed by atoms with Crippen molar-refractivity contribution in [3.05, 3.63) is 83.3 Å². The lowest BCUT2D eigenvalue weighted by atomic mass is 10.0. The summed E-state index contributed by atoms with van der Waals surface area (Å²) in [6.07, 6.45) is 1.63. The Hall–Kier alpha value is -4.04. The highest BCUT2D eigenvalue weighted by molar-refractivity contribution is 8.18. The van der Waals surface area contributed by atoms with Crippen LogP contribution in [0.15, 0.2) is 77.7 Å². The first kappa shape index (κ1) is 23.1. The van der Waals surface area contributed by atoms with Gasteiger partial charge in [-0.05, 0) is 64.9 Å². The van der Waals surface area contributed by atoms with Crippen molar-refractivity contribution in [2.75, 3.05) is 36.3 Å². The number of urea groups is 1. The highest BCUT2D eigenvalue weighted by Crippen LogP contribution is 2.33. The van der Waals surface area contributed by atoms with Gasteiger partial charge >= 0.3 is 6.03 Å². The molecule has 4 amide bonds. The number of carbonyl (C=O) groups excluding carboxylic acids is 3. The topological polar surface area (TPSA) is 81.8 Å². The van der Waals surface area contributed by atoms with Gasteiger partial charge in [-0.15, -0.1) is 0 Å². The van der Waals surface area contributed by atoms with Crippen molar-refractivity contribution >= 4 is 52.1 Å². The molecule has 1 aliphatic heterocycles. The molecule has 0 radical (unpaired) electrons. The molecule has 3 aromatic rings. The third-order valence-corrected chi connectivity index (χ3v) is 6.18. The molecule has 172 valence electrons. The Bertz CT molecular complexity index is 1270. The molecule has 7 nitrogen and oxygen atoms in total. The van der Waals surface area contributed by atoms with Crippen molar-refractivity contribution in [3.8, 4) is 11.1 Å². The number of nitrogens with zero attached hydrogens (tertiary/aromatic N) is 2. The average Bonchev–Trinajstić information content (AvgIpc) is 3.16. The van der Waals surface area contributed by atoms with E-state index in [0.29, 0.717) is 16.9 Å². The van der Waals surface area contributed by atoms with Crippen molar-refractivity contribution in [2.24, 2.45) is 0 Å². The molecule has 3 aromatic carbocycles. The zero-order valence-electron chi connectivity index (χ0n) is 19.0. The Balaban J connectivity index is 1.68. The lowest BCUT2D eigenvalue weighted by Gasteiger charge is -2.22. The number of carbonyl (C=O) groups is 3. The normalized spacial score (nSPS) is 14.1. The Morgan fingerprint density at radius 3 is 2.24 bits per heavy atom. The maximum absolute atomic E-state index is 13.1. The molecular weight excluding hydrogens is 448 g/mol. The van der Waals surface area contributed by atoms with Gasteiger partial charge in [-0.3, -0.25) is 19.8 Å². The van der Waals surface area contributed by atoms with Crippen LogP contribution in [-0.4, -0.2) is 38.3 Å². The van der Waals surface area contributed by atoms with Crippen LogP contribution in [0.1, 0.15) is 5.56 Å². The highest BCUT2D eigenvalue weighted by atomic mass is 32.2. The minimum Gasteiger partial charge on any atom is -0.378 e. The molecule has 0 saturated carbocycles. The van der Waals surface area contributed by atoms with Crippen molar-refractivity contribution in [1.29, 1.82) is 0 Å². The summed E-state index contributed by atoms with van der Waals surface area (Å²) < 4.78 is 0. The van der Waals surface area contributed by atoms with Gasteiger partial charge in [-0.2, -0.15) is 0 Å². The molecule has 1 fully saturated rings. The number of rotatable bonds is 5. The minimum absolute atomic E-state index is 0.284. The quantitative estimate of drug-likeness (QED) is 0.485. The van der Waals surface area contributed by atoms with Gasteiger partial charge in [0.2, 0.25) is 0 Å². The summed E-state index contributed by atoms with van der Waals surface area (Å²) in [6, 6.07) is 22.7. The molecular formula is C26H24N4O3S. The maximum Gasteiger partial charge on any atom is 0.326 e. The molecule has 0 atom stereocenters. The van der Waals surface area contributed by atoms with Crippen LogP contribution in [0.25, 0.3) is 17.2 Å². The Morgan fingerprint density at radius 2 is 1.62 bits per heavy atom. The third kappa shape index (κ3) is 5.13. The standard InChI is InChI=1S/C26H24N4O3S/c1-29(2)21-13-11-20(12-14-21)27-25(32)30(3)22-15-18(17-7-5-4-6-8-17)9-10-19(22)16-23-24(31)28-26(33)34-23/h4-16H,1-3H3,(H,27,32)(H,28,31,33)/b23-16+. The van der Waals surface area contributed by atoms with Crippen LogP contribution in [0.4, 0.5) is 26.7 Å². The van der Waals surface area contributed by atoms with E-state index in [-0.39, 0.29) is 10.9 Å². The summed E-state index contributed by atoms with van der Waals surface area (Å²) in [6.45, 7) is 0. The molecule has 0 bridgehead atoms. The largest absolute Gasteiger partial charge is 0.378 e. The number of amides is 4. The van der Waals surface area contributed by atoms with Crippen LogP contribution in [0.5, 0.6) is 0 Å².